The summed E-state index contributed by atoms with van der Waals surface area (Å²) in [5.74, 6) is 0. The molecule has 0 saturated carbocycles. The number of hydrogen-bond acceptors (Lipinski definition) is 1. The molecule has 0 aliphatic carbocycles. The Labute approximate surface area is 92.9 Å². The largest absolute Gasteiger partial charge is 0.256 e. The summed E-state index contributed by atoms with van der Waals surface area (Å²) in [6.07, 6.45) is 8.45. The van der Waals surface area contributed by atoms with Gasteiger partial charge in [0.1, 0.15) is 0 Å². The van der Waals surface area contributed by atoms with Crippen LogP contribution in [-0.2, 0) is 0 Å². The van der Waals surface area contributed by atoms with E-state index in [1.807, 2.05) is 30.4 Å². The Morgan fingerprint density at radius 1 is 1.40 bits per heavy atom. The molecular weight excluding hydrogens is 182 g/mol. The molecule has 0 unspecified atom stereocenters. The van der Waals surface area contributed by atoms with Crippen molar-refractivity contribution in [2.45, 2.75) is 20.3 Å². The third kappa shape index (κ3) is 6.44. The fraction of sp³-hybridized carbons (Fsp3) is 0.214. The van der Waals surface area contributed by atoms with Gasteiger partial charge < -0.3 is 0 Å². The molecule has 1 heterocycles. The highest BCUT2D eigenvalue weighted by molar-refractivity contribution is 5.69. The van der Waals surface area contributed by atoms with Crippen molar-refractivity contribution < 1.29 is 0 Å². The first-order valence-corrected chi connectivity index (χ1v) is 5.15. The predicted octanol–water partition coefficient (Wildman–Crippen LogP) is 4.25. The molecule has 1 rings (SSSR count). The van der Waals surface area contributed by atoms with Gasteiger partial charge in [-0.1, -0.05) is 57.7 Å². The zero-order chi connectivity index (χ0) is 11.5. The van der Waals surface area contributed by atoms with Crippen molar-refractivity contribution in [3.63, 3.8) is 0 Å². The summed E-state index contributed by atoms with van der Waals surface area (Å²) in [6.45, 7) is 11.7. The van der Waals surface area contributed by atoms with E-state index in [4.69, 9.17) is 0 Å². The lowest BCUT2D eigenvalue weighted by Crippen LogP contribution is -1.82. The maximum absolute atomic E-state index is 4.15. The quantitative estimate of drug-likeness (QED) is 0.666. The maximum atomic E-state index is 4.15. The average Bonchev–Trinajstić information content (AvgIpc) is 2.28. The second-order valence-electron chi connectivity index (χ2n) is 3.04. The van der Waals surface area contributed by atoms with Crippen LogP contribution >= 0.6 is 0 Å². The summed E-state index contributed by atoms with van der Waals surface area (Å²) in [5.41, 5.74) is 1.80. The minimum absolute atomic E-state index is 0.899. The van der Waals surface area contributed by atoms with Crippen molar-refractivity contribution >= 4 is 5.57 Å². The zero-order valence-electron chi connectivity index (χ0n) is 9.61. The van der Waals surface area contributed by atoms with Crippen molar-refractivity contribution in [2.75, 3.05) is 0 Å². The van der Waals surface area contributed by atoms with Crippen LogP contribution in [-0.4, -0.2) is 4.98 Å². The van der Waals surface area contributed by atoms with E-state index < -0.39 is 0 Å². The molecule has 1 nitrogen and oxygen atoms in total. The Bertz CT molecular complexity index is 309. The van der Waals surface area contributed by atoms with Gasteiger partial charge in [-0.25, -0.2) is 0 Å². The molecule has 0 aromatic carbocycles. The summed E-state index contributed by atoms with van der Waals surface area (Å²) in [6, 6.07) is 5.75. The van der Waals surface area contributed by atoms with E-state index in [2.05, 4.69) is 32.0 Å². The molecule has 0 spiro atoms. The number of nitrogens with zero attached hydrogens (tertiary/aromatic N) is 1. The molecule has 0 radical (unpaired) electrons. The first-order chi connectivity index (χ1) is 7.26. The summed E-state index contributed by atoms with van der Waals surface area (Å²) in [4.78, 5) is 4.15. The monoisotopic (exact) mass is 201 g/mol. The summed E-state index contributed by atoms with van der Waals surface area (Å²) in [7, 11) is 0. The molecule has 0 bridgehead atoms. The van der Waals surface area contributed by atoms with E-state index >= 15 is 0 Å². The van der Waals surface area contributed by atoms with Gasteiger partial charge in [0.2, 0.25) is 0 Å². The molecular formula is C14H19N. The smallest absolute Gasteiger partial charge is 0.0695 e. The Hall–Kier alpha value is -1.63. The minimum Gasteiger partial charge on any atom is -0.256 e. The predicted molar refractivity (Wildman–Crippen MR) is 68.6 cm³/mol. The Morgan fingerprint density at radius 2 is 2.07 bits per heavy atom. The molecule has 0 fully saturated rings. The lowest BCUT2D eigenvalue weighted by molar-refractivity contribution is 1.09. The van der Waals surface area contributed by atoms with Gasteiger partial charge in [0, 0.05) is 6.20 Å². The third-order valence-electron chi connectivity index (χ3n) is 1.43. The number of hydrogen-bond donors (Lipinski definition) is 0. The number of allylic oxidation sites excluding steroid dienone is 4. The van der Waals surface area contributed by atoms with Gasteiger partial charge >= 0.3 is 0 Å². The molecule has 15 heavy (non-hydrogen) atoms. The highest BCUT2D eigenvalue weighted by Gasteiger charge is 1.92. The topological polar surface area (TPSA) is 12.9 Å². The second kappa shape index (κ2) is 8.95. The molecule has 0 aliphatic heterocycles. The number of aromatic nitrogens is 1. The second-order valence-corrected chi connectivity index (χ2v) is 3.04. The van der Waals surface area contributed by atoms with Gasteiger partial charge in [-0.15, -0.1) is 0 Å². The fourth-order valence-electron chi connectivity index (χ4n) is 0.822. The van der Waals surface area contributed by atoms with Crippen LogP contribution in [0, 0.1) is 0 Å². The molecule has 0 amide bonds. The lowest BCUT2D eigenvalue weighted by Gasteiger charge is -1.96. The third-order valence-corrected chi connectivity index (χ3v) is 1.43. The molecule has 80 valence electrons. The fourth-order valence-corrected chi connectivity index (χ4v) is 0.822. The van der Waals surface area contributed by atoms with Crippen molar-refractivity contribution in [1.82, 2.24) is 4.98 Å². The van der Waals surface area contributed by atoms with Gasteiger partial charge in [0.15, 0.2) is 0 Å². The highest BCUT2D eigenvalue weighted by atomic mass is 14.7. The molecule has 0 saturated heterocycles. The highest BCUT2D eigenvalue weighted by Crippen LogP contribution is 2.08. The number of pyridine rings is 1. The summed E-state index contributed by atoms with van der Waals surface area (Å²) >= 11 is 0. The zero-order valence-corrected chi connectivity index (χ0v) is 9.61. The van der Waals surface area contributed by atoms with Gasteiger partial charge in [-0.2, -0.15) is 0 Å². The van der Waals surface area contributed by atoms with E-state index in [1.54, 1.807) is 12.3 Å². The molecule has 0 atom stereocenters. The SMILES string of the molecule is C=C/C=C\C(=C)c1ccccn1.CCC. The van der Waals surface area contributed by atoms with Crippen LogP contribution in [0.2, 0.25) is 0 Å². The first kappa shape index (κ1) is 13.4. The van der Waals surface area contributed by atoms with Crippen LogP contribution in [0.3, 0.4) is 0 Å². The van der Waals surface area contributed by atoms with E-state index in [9.17, 15) is 0 Å². The van der Waals surface area contributed by atoms with E-state index in [0.717, 1.165) is 11.3 Å². The Morgan fingerprint density at radius 3 is 2.53 bits per heavy atom. The normalized spacial score (nSPS) is 9.20. The van der Waals surface area contributed by atoms with Gasteiger partial charge in [0.05, 0.1) is 5.69 Å². The maximum Gasteiger partial charge on any atom is 0.0695 e. The standard InChI is InChI=1S/C11H11N.C3H8/c1-3-4-7-10(2)11-8-5-6-9-12-11;1-3-2/h3-9H,1-2H2;3H2,1-2H3/b7-4-;. The molecule has 1 aromatic rings. The van der Waals surface area contributed by atoms with Gasteiger partial charge in [-0.05, 0) is 17.7 Å². The van der Waals surface area contributed by atoms with E-state index in [0.29, 0.717) is 0 Å². The average molecular weight is 201 g/mol. The van der Waals surface area contributed by atoms with Crippen molar-refractivity contribution in [3.8, 4) is 0 Å². The van der Waals surface area contributed by atoms with Crippen molar-refractivity contribution in [3.05, 3.63) is 61.5 Å². The van der Waals surface area contributed by atoms with Crippen LogP contribution < -0.4 is 0 Å². The minimum atomic E-state index is 0.899. The first-order valence-electron chi connectivity index (χ1n) is 5.15. The lowest BCUT2D eigenvalue weighted by atomic mass is 10.2. The van der Waals surface area contributed by atoms with Crippen LogP contribution in [0.25, 0.3) is 5.57 Å². The van der Waals surface area contributed by atoms with Crippen LogP contribution in [0.4, 0.5) is 0 Å². The molecule has 1 aromatic heterocycles. The molecule has 0 N–H and O–H groups in total. The van der Waals surface area contributed by atoms with Gasteiger partial charge in [0.25, 0.3) is 0 Å². The molecule has 0 aliphatic rings. The van der Waals surface area contributed by atoms with Crippen LogP contribution in [0.15, 0.2) is 55.8 Å². The van der Waals surface area contributed by atoms with Crippen LogP contribution in [0.5, 0.6) is 0 Å². The van der Waals surface area contributed by atoms with E-state index in [1.165, 1.54) is 6.42 Å². The summed E-state index contributed by atoms with van der Waals surface area (Å²) < 4.78 is 0. The molecule has 1 heteroatoms. The van der Waals surface area contributed by atoms with Crippen molar-refractivity contribution in [1.29, 1.82) is 0 Å². The number of rotatable bonds is 3. The van der Waals surface area contributed by atoms with E-state index in [-0.39, 0.29) is 0 Å². The van der Waals surface area contributed by atoms with Gasteiger partial charge in [-0.3, -0.25) is 4.98 Å². The van der Waals surface area contributed by atoms with Crippen LogP contribution in [0.1, 0.15) is 26.0 Å². The summed E-state index contributed by atoms with van der Waals surface area (Å²) in [5, 5.41) is 0. The Kier molecular flexibility index (Phi) is 7.97. The Balaban J connectivity index is 0.000000583. The van der Waals surface area contributed by atoms with Crippen molar-refractivity contribution in [2.24, 2.45) is 0 Å².